The maximum atomic E-state index is 12.3. The van der Waals surface area contributed by atoms with Crippen molar-refractivity contribution in [2.75, 3.05) is 26.1 Å². The Morgan fingerprint density at radius 1 is 1.06 bits per heavy atom. The van der Waals surface area contributed by atoms with Crippen LogP contribution in [0.1, 0.15) is 21.6 Å². The first-order chi connectivity index (χ1) is 15.0. The van der Waals surface area contributed by atoms with Gasteiger partial charge in [-0.2, -0.15) is 0 Å². The summed E-state index contributed by atoms with van der Waals surface area (Å²) in [6.45, 7) is 2.66. The molecule has 162 valence electrons. The van der Waals surface area contributed by atoms with E-state index in [4.69, 9.17) is 9.47 Å². The second-order valence-electron chi connectivity index (χ2n) is 6.85. The minimum Gasteiger partial charge on any atom is -0.493 e. The number of nitrogens with zero attached hydrogens (tertiary/aromatic N) is 3. The van der Waals surface area contributed by atoms with E-state index in [1.165, 1.54) is 4.68 Å². The zero-order valence-corrected chi connectivity index (χ0v) is 17.7. The molecule has 1 aromatic heterocycles. The van der Waals surface area contributed by atoms with Crippen LogP contribution in [0.5, 0.6) is 11.5 Å². The average molecular weight is 423 g/mol. The lowest BCUT2D eigenvalue weighted by molar-refractivity contribution is -0.120. The number of aryl methyl sites for hydroxylation is 1. The molecule has 2 amide bonds. The van der Waals surface area contributed by atoms with E-state index >= 15 is 0 Å². The summed E-state index contributed by atoms with van der Waals surface area (Å²) >= 11 is 0. The number of aromatic nitrogens is 3. The second kappa shape index (κ2) is 10.2. The zero-order chi connectivity index (χ0) is 22.2. The topological polar surface area (TPSA) is 107 Å². The maximum Gasteiger partial charge on any atom is 0.277 e. The van der Waals surface area contributed by atoms with Crippen LogP contribution in [0.2, 0.25) is 0 Å². The van der Waals surface area contributed by atoms with Crippen LogP contribution < -0.4 is 20.1 Å². The predicted octanol–water partition coefficient (Wildman–Crippen LogP) is 2.21. The van der Waals surface area contributed by atoms with Gasteiger partial charge in [0.05, 0.1) is 33.4 Å². The molecule has 1 heterocycles. The smallest absolute Gasteiger partial charge is 0.277 e. The first kappa shape index (κ1) is 21.8. The Morgan fingerprint density at radius 2 is 1.84 bits per heavy atom. The van der Waals surface area contributed by atoms with Crippen LogP contribution in [-0.2, 0) is 17.8 Å². The first-order valence-corrected chi connectivity index (χ1v) is 9.75. The fourth-order valence-corrected chi connectivity index (χ4v) is 2.96. The van der Waals surface area contributed by atoms with E-state index in [0.717, 1.165) is 16.8 Å². The van der Waals surface area contributed by atoms with Crippen molar-refractivity contribution in [3.63, 3.8) is 0 Å². The lowest BCUT2D eigenvalue weighted by atomic mass is 10.1. The van der Waals surface area contributed by atoms with Gasteiger partial charge in [0.1, 0.15) is 0 Å². The molecule has 0 aliphatic heterocycles. The van der Waals surface area contributed by atoms with Gasteiger partial charge in [0.2, 0.25) is 5.91 Å². The van der Waals surface area contributed by atoms with E-state index in [2.05, 4.69) is 20.9 Å². The second-order valence-corrected chi connectivity index (χ2v) is 6.85. The summed E-state index contributed by atoms with van der Waals surface area (Å²) in [7, 11) is 3.11. The van der Waals surface area contributed by atoms with Crippen molar-refractivity contribution in [2.45, 2.75) is 19.9 Å². The fourth-order valence-electron chi connectivity index (χ4n) is 2.96. The Balaban J connectivity index is 1.48. The standard InChI is InChI=1S/C22H25N5O4/c1-15-6-4-5-7-17(15)24-22(29)18-14-27(26-25-18)11-10-23-21(28)13-16-8-9-19(30-2)20(12-16)31-3/h4-9,12,14H,10-11,13H2,1-3H3,(H,23,28)(H,24,29). The largest absolute Gasteiger partial charge is 0.493 e. The van der Waals surface area contributed by atoms with Crippen LogP contribution in [0.3, 0.4) is 0 Å². The van der Waals surface area contributed by atoms with Gasteiger partial charge < -0.3 is 20.1 Å². The number of carbonyl (C=O) groups is 2. The molecular formula is C22H25N5O4. The summed E-state index contributed by atoms with van der Waals surface area (Å²) in [6, 6.07) is 12.8. The molecule has 31 heavy (non-hydrogen) atoms. The van der Waals surface area contributed by atoms with Gasteiger partial charge >= 0.3 is 0 Å². The number of methoxy groups -OCH3 is 2. The molecule has 0 fully saturated rings. The summed E-state index contributed by atoms with van der Waals surface area (Å²) in [5.74, 6) is 0.718. The number of benzene rings is 2. The molecule has 9 heteroatoms. The van der Waals surface area contributed by atoms with E-state index in [0.29, 0.717) is 24.6 Å². The van der Waals surface area contributed by atoms with Crippen LogP contribution in [-0.4, -0.2) is 47.6 Å². The number of anilines is 1. The van der Waals surface area contributed by atoms with Gasteiger partial charge in [0, 0.05) is 12.2 Å². The van der Waals surface area contributed by atoms with Crippen LogP contribution >= 0.6 is 0 Å². The van der Waals surface area contributed by atoms with E-state index in [-0.39, 0.29) is 23.9 Å². The van der Waals surface area contributed by atoms with Crippen molar-refractivity contribution in [1.82, 2.24) is 20.3 Å². The Kier molecular flexibility index (Phi) is 7.21. The Bertz CT molecular complexity index is 1060. The predicted molar refractivity (Wildman–Crippen MR) is 115 cm³/mol. The molecule has 0 aliphatic carbocycles. The van der Waals surface area contributed by atoms with Crippen molar-refractivity contribution in [3.8, 4) is 11.5 Å². The SMILES string of the molecule is COc1ccc(CC(=O)NCCn2cc(C(=O)Nc3ccccc3C)nn2)cc1OC. The Labute approximate surface area is 180 Å². The van der Waals surface area contributed by atoms with Gasteiger partial charge in [-0.25, -0.2) is 4.68 Å². The molecule has 0 aliphatic rings. The normalized spacial score (nSPS) is 10.4. The molecule has 3 rings (SSSR count). The molecule has 9 nitrogen and oxygen atoms in total. The number of rotatable bonds is 9. The van der Waals surface area contributed by atoms with E-state index < -0.39 is 0 Å². The average Bonchev–Trinajstić information content (AvgIpc) is 3.24. The molecule has 3 aromatic rings. The third kappa shape index (κ3) is 5.81. The summed E-state index contributed by atoms with van der Waals surface area (Å²) < 4.78 is 12.0. The number of para-hydroxylation sites is 1. The highest BCUT2D eigenvalue weighted by atomic mass is 16.5. The van der Waals surface area contributed by atoms with Crippen LogP contribution in [0.15, 0.2) is 48.7 Å². The molecule has 0 spiro atoms. The Hall–Kier alpha value is -3.88. The zero-order valence-electron chi connectivity index (χ0n) is 17.7. The monoisotopic (exact) mass is 423 g/mol. The van der Waals surface area contributed by atoms with Crippen molar-refractivity contribution < 1.29 is 19.1 Å². The Morgan fingerprint density at radius 3 is 2.58 bits per heavy atom. The van der Waals surface area contributed by atoms with Crippen LogP contribution in [0.25, 0.3) is 0 Å². The number of ether oxygens (including phenoxy) is 2. The minimum atomic E-state index is -0.335. The quantitative estimate of drug-likeness (QED) is 0.546. The molecule has 2 aromatic carbocycles. The number of carbonyl (C=O) groups excluding carboxylic acids is 2. The summed E-state index contributed by atoms with van der Waals surface area (Å²) in [5, 5.41) is 13.5. The van der Waals surface area contributed by atoms with Crippen molar-refractivity contribution in [1.29, 1.82) is 0 Å². The van der Waals surface area contributed by atoms with Gasteiger partial charge in [-0.05, 0) is 36.2 Å². The third-order valence-electron chi connectivity index (χ3n) is 4.64. The molecule has 0 bridgehead atoms. The molecule has 0 radical (unpaired) electrons. The van der Waals surface area contributed by atoms with E-state index in [1.54, 1.807) is 32.5 Å². The lowest BCUT2D eigenvalue weighted by Crippen LogP contribution is -2.28. The van der Waals surface area contributed by atoms with Crippen LogP contribution in [0.4, 0.5) is 5.69 Å². The molecule has 0 saturated heterocycles. The number of nitrogens with one attached hydrogen (secondary N) is 2. The number of hydrogen-bond donors (Lipinski definition) is 2. The molecule has 0 atom stereocenters. The highest BCUT2D eigenvalue weighted by Crippen LogP contribution is 2.27. The first-order valence-electron chi connectivity index (χ1n) is 9.75. The number of amides is 2. The minimum absolute atomic E-state index is 0.134. The van der Waals surface area contributed by atoms with Crippen molar-refractivity contribution in [3.05, 3.63) is 65.5 Å². The van der Waals surface area contributed by atoms with Gasteiger partial charge in [0.25, 0.3) is 5.91 Å². The molecular weight excluding hydrogens is 398 g/mol. The lowest BCUT2D eigenvalue weighted by Gasteiger charge is -2.10. The summed E-state index contributed by atoms with van der Waals surface area (Å²) in [6.07, 6.45) is 1.76. The van der Waals surface area contributed by atoms with Crippen molar-refractivity contribution in [2.24, 2.45) is 0 Å². The molecule has 0 unspecified atom stereocenters. The van der Waals surface area contributed by atoms with Gasteiger partial charge in [0.15, 0.2) is 17.2 Å². The van der Waals surface area contributed by atoms with E-state index in [9.17, 15) is 9.59 Å². The summed E-state index contributed by atoms with van der Waals surface area (Å²) in [4.78, 5) is 24.6. The van der Waals surface area contributed by atoms with Crippen LogP contribution in [0, 0.1) is 6.92 Å². The van der Waals surface area contributed by atoms with Gasteiger partial charge in [-0.1, -0.05) is 29.5 Å². The maximum absolute atomic E-state index is 12.3. The van der Waals surface area contributed by atoms with Gasteiger partial charge in [-0.3, -0.25) is 9.59 Å². The molecule has 0 saturated carbocycles. The van der Waals surface area contributed by atoms with E-state index in [1.807, 2.05) is 37.3 Å². The summed E-state index contributed by atoms with van der Waals surface area (Å²) in [5.41, 5.74) is 2.70. The van der Waals surface area contributed by atoms with Crippen molar-refractivity contribution >= 4 is 17.5 Å². The fraction of sp³-hybridized carbons (Fsp3) is 0.273. The third-order valence-corrected chi connectivity index (χ3v) is 4.64. The molecule has 2 N–H and O–H groups in total. The number of hydrogen-bond acceptors (Lipinski definition) is 6. The highest BCUT2D eigenvalue weighted by Gasteiger charge is 2.12. The van der Waals surface area contributed by atoms with Gasteiger partial charge in [-0.15, -0.1) is 5.10 Å². The highest BCUT2D eigenvalue weighted by molar-refractivity contribution is 6.03.